The van der Waals surface area contributed by atoms with Crippen LogP contribution in [-0.4, -0.2) is 37.0 Å². The fourth-order valence-electron chi connectivity index (χ4n) is 1.68. The quantitative estimate of drug-likeness (QED) is 0.702. The SMILES string of the molecule is CCC(C)NC(=O)COC(=O)CCNC(=O)c1ccc(F)cc1F. The molecule has 132 valence electrons. The number of halogens is 2. The van der Waals surface area contributed by atoms with Crippen molar-refractivity contribution < 1.29 is 27.9 Å². The summed E-state index contributed by atoms with van der Waals surface area (Å²) in [7, 11) is 0. The van der Waals surface area contributed by atoms with Crippen molar-refractivity contribution in [3.05, 3.63) is 35.4 Å². The van der Waals surface area contributed by atoms with Crippen LogP contribution in [0.5, 0.6) is 0 Å². The molecule has 24 heavy (non-hydrogen) atoms. The number of carbonyl (C=O) groups is 3. The van der Waals surface area contributed by atoms with Crippen LogP contribution in [0.4, 0.5) is 8.78 Å². The lowest BCUT2D eigenvalue weighted by atomic mass is 10.2. The van der Waals surface area contributed by atoms with Crippen LogP contribution in [-0.2, 0) is 14.3 Å². The highest BCUT2D eigenvalue weighted by atomic mass is 19.1. The molecule has 0 bridgehead atoms. The van der Waals surface area contributed by atoms with Gasteiger partial charge in [-0.05, 0) is 25.5 Å². The average molecular weight is 342 g/mol. The highest BCUT2D eigenvalue weighted by Crippen LogP contribution is 2.09. The third kappa shape index (κ3) is 6.72. The van der Waals surface area contributed by atoms with Crippen molar-refractivity contribution in [1.82, 2.24) is 10.6 Å². The van der Waals surface area contributed by atoms with E-state index < -0.39 is 36.0 Å². The largest absolute Gasteiger partial charge is 0.456 e. The zero-order chi connectivity index (χ0) is 18.1. The Morgan fingerprint density at radius 1 is 1.25 bits per heavy atom. The summed E-state index contributed by atoms with van der Waals surface area (Å²) < 4.78 is 30.9. The van der Waals surface area contributed by atoms with Crippen LogP contribution in [0.25, 0.3) is 0 Å². The Balaban J connectivity index is 2.30. The molecular weight excluding hydrogens is 322 g/mol. The van der Waals surface area contributed by atoms with Crippen molar-refractivity contribution in [2.24, 2.45) is 0 Å². The van der Waals surface area contributed by atoms with Crippen LogP contribution in [0.1, 0.15) is 37.0 Å². The van der Waals surface area contributed by atoms with Crippen LogP contribution >= 0.6 is 0 Å². The van der Waals surface area contributed by atoms with Gasteiger partial charge in [0.25, 0.3) is 11.8 Å². The van der Waals surface area contributed by atoms with Gasteiger partial charge in [0, 0.05) is 18.7 Å². The first-order valence-electron chi connectivity index (χ1n) is 7.51. The molecule has 1 atom stereocenters. The Kier molecular flexibility index (Phi) is 7.81. The Morgan fingerprint density at radius 3 is 2.58 bits per heavy atom. The fourth-order valence-corrected chi connectivity index (χ4v) is 1.68. The number of benzene rings is 1. The zero-order valence-electron chi connectivity index (χ0n) is 13.5. The molecule has 0 saturated carbocycles. The average Bonchev–Trinajstić information content (AvgIpc) is 2.52. The van der Waals surface area contributed by atoms with Gasteiger partial charge in [-0.1, -0.05) is 6.92 Å². The summed E-state index contributed by atoms with van der Waals surface area (Å²) in [5.74, 6) is -3.63. The minimum atomic E-state index is -0.989. The summed E-state index contributed by atoms with van der Waals surface area (Å²) in [6.45, 7) is 3.23. The minimum Gasteiger partial charge on any atom is -0.456 e. The normalized spacial score (nSPS) is 11.5. The van der Waals surface area contributed by atoms with Crippen molar-refractivity contribution in [3.63, 3.8) is 0 Å². The van der Waals surface area contributed by atoms with Crippen LogP contribution in [0, 0.1) is 11.6 Å². The highest BCUT2D eigenvalue weighted by molar-refractivity contribution is 5.94. The Hall–Kier alpha value is -2.51. The number of esters is 1. The Labute approximate surface area is 138 Å². The van der Waals surface area contributed by atoms with Gasteiger partial charge in [-0.15, -0.1) is 0 Å². The molecule has 0 saturated heterocycles. The maximum atomic E-state index is 13.4. The van der Waals surface area contributed by atoms with E-state index in [-0.39, 0.29) is 24.6 Å². The number of hydrogen-bond donors (Lipinski definition) is 2. The molecule has 0 heterocycles. The molecule has 0 aliphatic carbocycles. The molecule has 1 aromatic rings. The Morgan fingerprint density at radius 2 is 1.96 bits per heavy atom. The van der Waals surface area contributed by atoms with E-state index in [1.54, 1.807) is 0 Å². The summed E-state index contributed by atoms with van der Waals surface area (Å²) in [5, 5.41) is 4.95. The lowest BCUT2D eigenvalue weighted by molar-refractivity contribution is -0.148. The van der Waals surface area contributed by atoms with E-state index in [1.807, 2.05) is 13.8 Å². The summed E-state index contributed by atoms with van der Waals surface area (Å²) in [4.78, 5) is 34.6. The molecule has 0 aromatic heterocycles. The van der Waals surface area contributed by atoms with Crippen molar-refractivity contribution in [1.29, 1.82) is 0 Å². The van der Waals surface area contributed by atoms with Crippen LogP contribution < -0.4 is 10.6 Å². The summed E-state index contributed by atoms with van der Waals surface area (Å²) >= 11 is 0. The first-order chi connectivity index (χ1) is 11.3. The first kappa shape index (κ1) is 19.5. The maximum Gasteiger partial charge on any atom is 0.308 e. The van der Waals surface area contributed by atoms with Crippen molar-refractivity contribution >= 4 is 17.8 Å². The third-order valence-electron chi connectivity index (χ3n) is 3.17. The lowest BCUT2D eigenvalue weighted by Crippen LogP contribution is -2.35. The second-order valence-corrected chi connectivity index (χ2v) is 5.17. The number of amides is 2. The highest BCUT2D eigenvalue weighted by Gasteiger charge is 2.13. The van der Waals surface area contributed by atoms with E-state index >= 15 is 0 Å². The molecule has 1 rings (SSSR count). The van der Waals surface area contributed by atoms with E-state index in [0.717, 1.165) is 18.6 Å². The molecule has 0 radical (unpaired) electrons. The van der Waals surface area contributed by atoms with Gasteiger partial charge >= 0.3 is 5.97 Å². The predicted molar refractivity (Wildman–Crippen MR) is 82.2 cm³/mol. The van der Waals surface area contributed by atoms with Crippen molar-refractivity contribution in [3.8, 4) is 0 Å². The summed E-state index contributed by atoms with van der Waals surface area (Å²) in [5.41, 5.74) is -0.322. The van der Waals surface area contributed by atoms with Gasteiger partial charge in [0.05, 0.1) is 12.0 Å². The zero-order valence-corrected chi connectivity index (χ0v) is 13.5. The van der Waals surface area contributed by atoms with Crippen molar-refractivity contribution in [2.45, 2.75) is 32.7 Å². The van der Waals surface area contributed by atoms with Gasteiger partial charge in [-0.3, -0.25) is 14.4 Å². The topological polar surface area (TPSA) is 84.5 Å². The molecule has 0 aliphatic rings. The molecule has 0 aliphatic heterocycles. The molecule has 8 heteroatoms. The van der Waals surface area contributed by atoms with Gasteiger partial charge in [0.2, 0.25) is 0 Å². The molecule has 0 spiro atoms. The van der Waals surface area contributed by atoms with Crippen LogP contribution in [0.2, 0.25) is 0 Å². The van der Waals surface area contributed by atoms with E-state index in [0.29, 0.717) is 6.07 Å². The molecular formula is C16H20F2N2O4. The fraction of sp³-hybridized carbons (Fsp3) is 0.438. The third-order valence-corrected chi connectivity index (χ3v) is 3.17. The number of carbonyl (C=O) groups excluding carboxylic acids is 3. The van der Waals surface area contributed by atoms with Gasteiger partial charge in [0.15, 0.2) is 6.61 Å². The van der Waals surface area contributed by atoms with E-state index in [1.165, 1.54) is 0 Å². The smallest absolute Gasteiger partial charge is 0.308 e. The van der Waals surface area contributed by atoms with Crippen LogP contribution in [0.15, 0.2) is 18.2 Å². The standard InChI is InChI=1S/C16H20F2N2O4/c1-3-10(2)20-14(21)9-24-15(22)6-7-19-16(23)12-5-4-11(17)8-13(12)18/h4-5,8,10H,3,6-7,9H2,1-2H3,(H,19,23)(H,20,21). The summed E-state index contributed by atoms with van der Waals surface area (Å²) in [6, 6.07) is 2.56. The van der Waals surface area contributed by atoms with E-state index in [9.17, 15) is 23.2 Å². The first-order valence-corrected chi connectivity index (χ1v) is 7.51. The molecule has 6 nitrogen and oxygen atoms in total. The number of hydrogen-bond acceptors (Lipinski definition) is 4. The number of nitrogens with one attached hydrogen (secondary N) is 2. The minimum absolute atomic E-state index is 0.0129. The van der Waals surface area contributed by atoms with Crippen molar-refractivity contribution in [2.75, 3.05) is 13.2 Å². The second-order valence-electron chi connectivity index (χ2n) is 5.17. The number of ether oxygens (including phenoxy) is 1. The lowest BCUT2D eigenvalue weighted by Gasteiger charge is -2.11. The molecule has 2 amide bonds. The monoisotopic (exact) mass is 342 g/mol. The maximum absolute atomic E-state index is 13.4. The van der Waals surface area contributed by atoms with Gasteiger partial charge < -0.3 is 15.4 Å². The molecule has 1 aromatic carbocycles. The second kappa shape index (κ2) is 9.59. The van der Waals surface area contributed by atoms with E-state index in [4.69, 9.17) is 4.74 Å². The van der Waals surface area contributed by atoms with Gasteiger partial charge in [-0.2, -0.15) is 0 Å². The number of rotatable bonds is 8. The predicted octanol–water partition coefficient (Wildman–Crippen LogP) is 1.54. The summed E-state index contributed by atoms with van der Waals surface area (Å²) in [6.07, 6.45) is 0.580. The molecule has 1 unspecified atom stereocenters. The van der Waals surface area contributed by atoms with Crippen LogP contribution in [0.3, 0.4) is 0 Å². The van der Waals surface area contributed by atoms with E-state index in [2.05, 4.69) is 10.6 Å². The van der Waals surface area contributed by atoms with Gasteiger partial charge in [-0.25, -0.2) is 8.78 Å². The molecule has 2 N–H and O–H groups in total. The molecule has 0 fully saturated rings. The van der Waals surface area contributed by atoms with Gasteiger partial charge in [0.1, 0.15) is 11.6 Å². The Bertz CT molecular complexity index is 608.